The molecular formula is C21H23FN2O4. The first kappa shape index (κ1) is 19.7. The van der Waals surface area contributed by atoms with Gasteiger partial charge in [-0.3, -0.25) is 4.79 Å². The van der Waals surface area contributed by atoms with Crippen LogP contribution >= 0.6 is 0 Å². The monoisotopic (exact) mass is 386 g/mol. The number of carbonyl (C=O) groups is 2. The van der Waals surface area contributed by atoms with E-state index in [2.05, 4.69) is 5.32 Å². The maximum atomic E-state index is 13.8. The minimum Gasteiger partial charge on any atom is -0.457 e. The summed E-state index contributed by atoms with van der Waals surface area (Å²) >= 11 is 0. The molecule has 0 spiro atoms. The van der Waals surface area contributed by atoms with Gasteiger partial charge in [-0.05, 0) is 50.1 Å². The Hall–Kier alpha value is -3.09. The number of likely N-dealkylation sites (tertiary alicyclic amines) is 1. The van der Waals surface area contributed by atoms with Crippen LogP contribution in [0.4, 0.5) is 9.18 Å². The third-order valence-corrected chi connectivity index (χ3v) is 4.53. The molecule has 2 amide bonds. The Morgan fingerprint density at radius 2 is 2.00 bits per heavy atom. The molecule has 2 aromatic rings. The lowest BCUT2D eigenvalue weighted by Crippen LogP contribution is -2.46. The molecule has 1 aliphatic rings. The lowest BCUT2D eigenvalue weighted by molar-refractivity contribution is -0.117. The highest BCUT2D eigenvalue weighted by Crippen LogP contribution is 2.25. The second-order valence-electron chi connectivity index (χ2n) is 6.48. The van der Waals surface area contributed by atoms with Crippen molar-refractivity contribution in [3.8, 4) is 11.3 Å². The van der Waals surface area contributed by atoms with E-state index in [1.807, 2.05) is 0 Å². The fourth-order valence-corrected chi connectivity index (χ4v) is 3.08. The summed E-state index contributed by atoms with van der Waals surface area (Å²) in [6.45, 7) is 3.23. The molecule has 1 fully saturated rings. The molecule has 1 aromatic heterocycles. The molecule has 28 heavy (non-hydrogen) atoms. The van der Waals surface area contributed by atoms with Gasteiger partial charge in [0, 0.05) is 25.2 Å². The summed E-state index contributed by atoms with van der Waals surface area (Å²) < 4.78 is 24.4. The van der Waals surface area contributed by atoms with Crippen LogP contribution in [0.5, 0.6) is 0 Å². The number of nitrogens with zero attached hydrogens (tertiary/aromatic N) is 1. The molecule has 0 atom stereocenters. The van der Waals surface area contributed by atoms with Gasteiger partial charge < -0.3 is 19.4 Å². The van der Waals surface area contributed by atoms with Crippen molar-refractivity contribution in [2.75, 3.05) is 19.7 Å². The van der Waals surface area contributed by atoms with Crippen LogP contribution in [0.25, 0.3) is 17.4 Å². The Morgan fingerprint density at radius 1 is 1.25 bits per heavy atom. The number of furan rings is 1. The predicted octanol–water partition coefficient (Wildman–Crippen LogP) is 3.84. The minimum atomic E-state index is -0.362. The quantitative estimate of drug-likeness (QED) is 0.793. The molecule has 0 bridgehead atoms. The van der Waals surface area contributed by atoms with Gasteiger partial charge >= 0.3 is 6.09 Å². The van der Waals surface area contributed by atoms with E-state index in [1.54, 1.807) is 48.2 Å². The van der Waals surface area contributed by atoms with E-state index in [9.17, 15) is 14.0 Å². The van der Waals surface area contributed by atoms with Crippen molar-refractivity contribution < 1.29 is 23.1 Å². The standard InChI is InChI=1S/C21H23FN2O4/c1-2-27-21(26)24-13-11-15(12-14-24)23-20(25)10-8-16-7-9-19(28-16)17-5-3-4-6-18(17)22/h3-10,15H,2,11-14H2,1H3,(H,23,25)/b10-8+. The molecule has 148 valence electrons. The fourth-order valence-electron chi connectivity index (χ4n) is 3.08. The van der Waals surface area contributed by atoms with E-state index in [0.29, 0.717) is 49.6 Å². The van der Waals surface area contributed by atoms with Crippen molar-refractivity contribution in [1.82, 2.24) is 10.2 Å². The highest BCUT2D eigenvalue weighted by Gasteiger charge is 2.24. The van der Waals surface area contributed by atoms with Crippen LogP contribution in [0.15, 0.2) is 46.9 Å². The van der Waals surface area contributed by atoms with Crippen LogP contribution in [0.2, 0.25) is 0 Å². The molecule has 0 aliphatic carbocycles. The fraction of sp³-hybridized carbons (Fsp3) is 0.333. The molecule has 7 heteroatoms. The van der Waals surface area contributed by atoms with E-state index in [1.165, 1.54) is 12.1 Å². The van der Waals surface area contributed by atoms with Gasteiger partial charge in [-0.15, -0.1) is 0 Å². The average molecular weight is 386 g/mol. The zero-order chi connectivity index (χ0) is 19.9. The van der Waals surface area contributed by atoms with Crippen LogP contribution in [-0.4, -0.2) is 42.6 Å². The van der Waals surface area contributed by atoms with Crippen molar-refractivity contribution in [2.45, 2.75) is 25.8 Å². The lowest BCUT2D eigenvalue weighted by Gasteiger charge is -2.31. The maximum Gasteiger partial charge on any atom is 0.409 e. The third kappa shape index (κ3) is 5.00. The zero-order valence-corrected chi connectivity index (χ0v) is 15.7. The van der Waals surface area contributed by atoms with E-state index >= 15 is 0 Å². The molecule has 0 saturated carbocycles. The number of carbonyl (C=O) groups excluding carboxylic acids is 2. The number of nitrogens with one attached hydrogen (secondary N) is 1. The van der Waals surface area contributed by atoms with Crippen LogP contribution in [-0.2, 0) is 9.53 Å². The summed E-state index contributed by atoms with van der Waals surface area (Å²) in [7, 11) is 0. The number of ether oxygens (including phenoxy) is 1. The summed E-state index contributed by atoms with van der Waals surface area (Å²) in [5.41, 5.74) is 0.375. The van der Waals surface area contributed by atoms with Crippen LogP contribution in [0.1, 0.15) is 25.5 Å². The number of hydrogen-bond donors (Lipinski definition) is 1. The van der Waals surface area contributed by atoms with Gasteiger partial charge in [0.15, 0.2) is 0 Å². The lowest BCUT2D eigenvalue weighted by atomic mass is 10.1. The Labute approximate surface area is 163 Å². The van der Waals surface area contributed by atoms with Crippen molar-refractivity contribution in [3.63, 3.8) is 0 Å². The number of amides is 2. The normalized spacial score (nSPS) is 15.0. The van der Waals surface area contributed by atoms with E-state index in [-0.39, 0.29) is 23.9 Å². The molecule has 2 heterocycles. The minimum absolute atomic E-state index is 0.00778. The number of benzene rings is 1. The number of halogens is 1. The van der Waals surface area contributed by atoms with Gasteiger partial charge in [0.1, 0.15) is 17.3 Å². The van der Waals surface area contributed by atoms with Gasteiger partial charge in [-0.25, -0.2) is 9.18 Å². The van der Waals surface area contributed by atoms with Gasteiger partial charge in [-0.2, -0.15) is 0 Å². The number of rotatable bonds is 5. The second-order valence-corrected chi connectivity index (χ2v) is 6.48. The first-order valence-corrected chi connectivity index (χ1v) is 9.32. The highest BCUT2D eigenvalue weighted by atomic mass is 19.1. The second kappa shape index (κ2) is 9.21. The van der Waals surface area contributed by atoms with Crippen molar-refractivity contribution in [1.29, 1.82) is 0 Å². The predicted molar refractivity (Wildman–Crippen MR) is 103 cm³/mol. The summed E-state index contributed by atoms with van der Waals surface area (Å²) in [5, 5.41) is 2.92. The summed E-state index contributed by atoms with van der Waals surface area (Å²) in [4.78, 5) is 25.5. The molecule has 1 aromatic carbocycles. The first-order chi connectivity index (χ1) is 13.6. The molecule has 0 unspecified atom stereocenters. The molecular weight excluding hydrogens is 363 g/mol. The van der Waals surface area contributed by atoms with Crippen molar-refractivity contribution >= 4 is 18.1 Å². The smallest absolute Gasteiger partial charge is 0.409 e. The molecule has 1 aliphatic heterocycles. The topological polar surface area (TPSA) is 71.8 Å². The Kier molecular flexibility index (Phi) is 6.47. The van der Waals surface area contributed by atoms with E-state index in [4.69, 9.17) is 9.15 Å². The Morgan fingerprint density at radius 3 is 2.71 bits per heavy atom. The SMILES string of the molecule is CCOC(=O)N1CCC(NC(=O)/C=C/c2ccc(-c3ccccc3F)o2)CC1. The number of hydrogen-bond acceptors (Lipinski definition) is 4. The maximum absolute atomic E-state index is 13.8. The Balaban J connectivity index is 1.50. The summed E-state index contributed by atoms with van der Waals surface area (Å²) in [6, 6.07) is 9.71. The third-order valence-electron chi connectivity index (χ3n) is 4.53. The van der Waals surface area contributed by atoms with Crippen molar-refractivity contribution in [2.24, 2.45) is 0 Å². The largest absolute Gasteiger partial charge is 0.457 e. The first-order valence-electron chi connectivity index (χ1n) is 9.32. The van der Waals surface area contributed by atoms with E-state index < -0.39 is 0 Å². The van der Waals surface area contributed by atoms with Gasteiger partial charge in [0.2, 0.25) is 5.91 Å². The molecule has 1 N–H and O–H groups in total. The number of piperidine rings is 1. The highest BCUT2D eigenvalue weighted by molar-refractivity contribution is 5.91. The molecule has 0 radical (unpaired) electrons. The van der Waals surface area contributed by atoms with Gasteiger partial charge in [0.05, 0.1) is 12.2 Å². The van der Waals surface area contributed by atoms with Gasteiger partial charge in [0.25, 0.3) is 0 Å². The Bertz CT molecular complexity index is 854. The van der Waals surface area contributed by atoms with Crippen molar-refractivity contribution in [3.05, 3.63) is 54.1 Å². The van der Waals surface area contributed by atoms with E-state index in [0.717, 1.165) is 0 Å². The van der Waals surface area contributed by atoms with Gasteiger partial charge in [-0.1, -0.05) is 12.1 Å². The summed E-state index contributed by atoms with van der Waals surface area (Å²) in [6.07, 6.45) is 3.98. The molecule has 3 rings (SSSR count). The zero-order valence-electron chi connectivity index (χ0n) is 15.7. The van der Waals surface area contributed by atoms with Crippen LogP contribution < -0.4 is 5.32 Å². The summed E-state index contributed by atoms with van der Waals surface area (Å²) in [5.74, 6) is 0.271. The average Bonchev–Trinajstić information content (AvgIpc) is 3.16. The van der Waals surface area contributed by atoms with Crippen LogP contribution in [0.3, 0.4) is 0 Å². The van der Waals surface area contributed by atoms with Crippen LogP contribution in [0, 0.1) is 5.82 Å². The molecule has 1 saturated heterocycles. The molecule has 6 nitrogen and oxygen atoms in total.